The van der Waals surface area contributed by atoms with Crippen LogP contribution < -0.4 is 10.8 Å². The van der Waals surface area contributed by atoms with Gasteiger partial charge >= 0.3 is 0 Å². The van der Waals surface area contributed by atoms with Crippen molar-refractivity contribution in [2.45, 2.75) is 52.7 Å². The Labute approximate surface area is 235 Å². The summed E-state index contributed by atoms with van der Waals surface area (Å²) in [6, 6.07) is 4.79. The Balaban J connectivity index is 0.000000268. The van der Waals surface area contributed by atoms with Crippen LogP contribution in [0.3, 0.4) is 0 Å². The first kappa shape index (κ1) is 29.4. The van der Waals surface area contributed by atoms with Crippen molar-refractivity contribution in [2.75, 3.05) is 0 Å². The zero-order chi connectivity index (χ0) is 25.0. The van der Waals surface area contributed by atoms with E-state index in [-0.39, 0.29) is 62.9 Å². The Hall–Kier alpha value is -1.84. The van der Waals surface area contributed by atoms with Crippen LogP contribution in [-0.2, 0) is 55.4 Å². The van der Waals surface area contributed by atoms with Gasteiger partial charge in [-0.3, -0.25) is 19.7 Å². The fraction of sp³-hybridized carbons (Fsp3) is 0.400. The molecule has 1 radical (unpaired) electrons. The van der Waals surface area contributed by atoms with Crippen molar-refractivity contribution in [3.63, 3.8) is 0 Å². The number of hydrogen-bond acceptors (Lipinski definition) is 5. The SMILES string of the molecule is CC(C)C1(C)C=CC([NH-])=CC(Cl)=C1.O=C1CCC(N2Cc3cccc(CNO)c3C2=O)C(=O)N1.[Y]. The van der Waals surface area contributed by atoms with Crippen LogP contribution in [0.4, 0.5) is 0 Å². The number of imide groups is 1. The molecule has 2 atom stereocenters. The van der Waals surface area contributed by atoms with Gasteiger partial charge in [0.25, 0.3) is 5.91 Å². The molecule has 8 nitrogen and oxygen atoms in total. The zero-order valence-electron chi connectivity index (χ0n) is 20.1. The number of rotatable bonds is 4. The van der Waals surface area contributed by atoms with E-state index in [1.807, 2.05) is 35.8 Å². The summed E-state index contributed by atoms with van der Waals surface area (Å²) in [7, 11) is 0. The first-order chi connectivity index (χ1) is 16.1. The predicted molar refractivity (Wildman–Crippen MR) is 130 cm³/mol. The summed E-state index contributed by atoms with van der Waals surface area (Å²) < 4.78 is 0. The number of amides is 3. The molecule has 3 aliphatic rings. The van der Waals surface area contributed by atoms with Gasteiger partial charge in [-0.25, -0.2) is 5.48 Å². The largest absolute Gasteiger partial charge is 0.699 e. The van der Waals surface area contributed by atoms with E-state index in [1.54, 1.807) is 12.1 Å². The number of piperidine rings is 1. The molecule has 0 aromatic heterocycles. The van der Waals surface area contributed by atoms with Crippen molar-refractivity contribution < 1.29 is 52.3 Å². The number of fused-ring (bicyclic) bond motifs is 1. The molecule has 35 heavy (non-hydrogen) atoms. The molecule has 1 aromatic rings. The smallest absolute Gasteiger partial charge is 0.255 e. The van der Waals surface area contributed by atoms with Gasteiger partial charge in [0.15, 0.2) is 0 Å². The Morgan fingerprint density at radius 2 is 2.03 bits per heavy atom. The molecule has 2 unspecified atom stereocenters. The van der Waals surface area contributed by atoms with E-state index in [2.05, 4.69) is 26.1 Å². The molecule has 3 amide bonds. The molecule has 1 aromatic carbocycles. The van der Waals surface area contributed by atoms with Crippen LogP contribution in [0.25, 0.3) is 5.73 Å². The van der Waals surface area contributed by atoms with Crippen LogP contribution in [0.1, 0.15) is 55.1 Å². The maximum absolute atomic E-state index is 12.6. The molecule has 0 saturated carbocycles. The number of hydroxylamine groups is 1. The summed E-state index contributed by atoms with van der Waals surface area (Å²) in [5, 5.41) is 11.8. The summed E-state index contributed by atoms with van der Waals surface area (Å²) in [4.78, 5) is 37.2. The van der Waals surface area contributed by atoms with Gasteiger partial charge in [-0.05, 0) is 23.5 Å². The second-order valence-corrected chi connectivity index (χ2v) is 9.61. The number of carbonyl (C=O) groups is 3. The first-order valence-electron chi connectivity index (χ1n) is 11.2. The maximum Gasteiger partial charge on any atom is 0.255 e. The normalized spacial score (nSPS) is 23.4. The second kappa shape index (κ2) is 12.4. The minimum absolute atomic E-state index is 0. The van der Waals surface area contributed by atoms with Gasteiger partial charge in [0.05, 0.1) is 0 Å². The summed E-state index contributed by atoms with van der Waals surface area (Å²) in [6.45, 7) is 6.95. The van der Waals surface area contributed by atoms with E-state index in [4.69, 9.17) is 22.5 Å². The van der Waals surface area contributed by atoms with Crippen LogP contribution in [0.2, 0.25) is 0 Å². The standard InChI is InChI=1S/C14H15N3O4.C11H15ClN.Y/c18-11-5-4-10(13(19)16-11)17-7-9-3-1-2-8(6-15-21)12(9)14(17)20;1-8(2)11(3)5-4-10(13)6-9(12)7-11;/h1-3,10,15,21H,4-7H2,(H,16,18,19);4-8,13H,1-3H3;/q;-1;. The minimum atomic E-state index is -0.613. The van der Waals surface area contributed by atoms with Crippen molar-refractivity contribution in [3.8, 4) is 0 Å². The van der Waals surface area contributed by atoms with Crippen molar-refractivity contribution in [1.82, 2.24) is 15.7 Å². The molecule has 1 aliphatic carbocycles. The van der Waals surface area contributed by atoms with E-state index in [0.717, 1.165) is 5.56 Å². The van der Waals surface area contributed by atoms with Crippen molar-refractivity contribution in [3.05, 3.63) is 75.7 Å². The number of hydrogen-bond donors (Lipinski definition) is 3. The molecular formula is C25H30ClN4O4Y-. The molecule has 10 heteroatoms. The summed E-state index contributed by atoms with van der Waals surface area (Å²) >= 11 is 5.97. The number of halogens is 1. The van der Waals surface area contributed by atoms with Gasteiger partial charge in [-0.2, -0.15) is 0 Å². The zero-order valence-corrected chi connectivity index (χ0v) is 23.7. The number of benzene rings is 1. The summed E-state index contributed by atoms with van der Waals surface area (Å²) in [6.07, 6.45) is 8.13. The third kappa shape index (κ3) is 6.89. The number of nitrogens with zero attached hydrogens (tertiary/aromatic N) is 1. The van der Waals surface area contributed by atoms with Gasteiger partial charge in [0.2, 0.25) is 11.8 Å². The molecule has 2 heterocycles. The van der Waals surface area contributed by atoms with Gasteiger partial charge in [0.1, 0.15) is 6.04 Å². The van der Waals surface area contributed by atoms with Crippen LogP contribution in [0, 0.1) is 11.3 Å². The van der Waals surface area contributed by atoms with Crippen molar-refractivity contribution >= 4 is 29.3 Å². The third-order valence-corrected chi connectivity index (χ3v) is 6.73. The Morgan fingerprint density at radius 3 is 2.66 bits per heavy atom. The second-order valence-electron chi connectivity index (χ2n) is 9.17. The molecular weight excluding hydrogens is 545 g/mol. The molecule has 1 saturated heterocycles. The van der Waals surface area contributed by atoms with Crippen LogP contribution in [0.5, 0.6) is 0 Å². The van der Waals surface area contributed by atoms with Gasteiger partial charge in [-0.1, -0.05) is 74.9 Å². The van der Waals surface area contributed by atoms with Crippen LogP contribution in [-0.4, -0.2) is 33.9 Å². The Bertz CT molecular complexity index is 1090. The molecule has 1 fully saturated rings. The molecule has 2 aliphatic heterocycles. The molecule has 0 spiro atoms. The van der Waals surface area contributed by atoms with Crippen LogP contribution in [0.15, 0.2) is 53.2 Å². The number of carbonyl (C=O) groups excluding carboxylic acids is 3. The molecule has 4 rings (SSSR count). The van der Waals surface area contributed by atoms with Gasteiger partial charge in [0, 0.05) is 68.2 Å². The fourth-order valence-corrected chi connectivity index (χ4v) is 4.49. The van der Waals surface area contributed by atoms with E-state index in [1.165, 1.54) is 4.90 Å². The van der Waals surface area contributed by atoms with E-state index in [9.17, 15) is 14.4 Å². The first-order valence-corrected chi connectivity index (χ1v) is 11.6. The van der Waals surface area contributed by atoms with Crippen molar-refractivity contribution in [1.29, 1.82) is 0 Å². The predicted octanol–water partition coefficient (Wildman–Crippen LogP) is 4.20. The van der Waals surface area contributed by atoms with Crippen LogP contribution >= 0.6 is 11.6 Å². The summed E-state index contributed by atoms with van der Waals surface area (Å²) in [5.74, 6) is -0.470. The minimum Gasteiger partial charge on any atom is -0.699 e. The quantitative estimate of drug-likeness (QED) is 0.367. The Kier molecular flexibility index (Phi) is 10.4. The average molecular weight is 575 g/mol. The number of nitrogens with one attached hydrogen (secondary N) is 3. The maximum atomic E-state index is 12.6. The van der Waals surface area contributed by atoms with Crippen molar-refractivity contribution in [2.24, 2.45) is 11.3 Å². The van der Waals surface area contributed by atoms with Gasteiger partial charge < -0.3 is 15.8 Å². The molecule has 185 valence electrons. The molecule has 4 N–H and O–H groups in total. The average Bonchev–Trinajstić information content (AvgIpc) is 3.02. The van der Waals surface area contributed by atoms with E-state index >= 15 is 0 Å². The molecule has 0 bridgehead atoms. The van der Waals surface area contributed by atoms with E-state index < -0.39 is 11.9 Å². The summed E-state index contributed by atoms with van der Waals surface area (Å²) in [5.41, 5.74) is 12.0. The van der Waals surface area contributed by atoms with Gasteiger partial charge in [-0.15, -0.1) is 5.70 Å². The fourth-order valence-electron chi connectivity index (χ4n) is 4.13. The van der Waals surface area contributed by atoms with E-state index in [0.29, 0.717) is 40.7 Å². The topological polar surface area (TPSA) is 123 Å². The number of allylic oxidation sites excluding steroid dienone is 5. The Morgan fingerprint density at radius 1 is 1.31 bits per heavy atom. The third-order valence-electron chi connectivity index (χ3n) is 6.52. The monoisotopic (exact) mass is 574 g/mol.